The van der Waals surface area contributed by atoms with Crippen LogP contribution in [0.3, 0.4) is 0 Å². The second-order valence-electron chi connectivity index (χ2n) is 7.63. The number of carbonyl (C=O) groups excluding carboxylic acids is 2. The zero-order valence-electron chi connectivity index (χ0n) is 17.6. The second kappa shape index (κ2) is 9.49. The van der Waals surface area contributed by atoms with Crippen LogP contribution in [0.25, 0.3) is 0 Å². The first-order valence-electron chi connectivity index (χ1n) is 9.91. The van der Waals surface area contributed by atoms with Gasteiger partial charge in [0.2, 0.25) is 5.91 Å². The Hall–Kier alpha value is -2.58. The van der Waals surface area contributed by atoms with Gasteiger partial charge in [0.05, 0.1) is 0 Å². The molecule has 0 saturated heterocycles. The smallest absolute Gasteiger partial charge is 0.280 e. The largest absolute Gasteiger partial charge is 0.349 e. The average Bonchev–Trinajstić information content (AvgIpc) is 3.45. The molecule has 3 rings (SSSR count). The van der Waals surface area contributed by atoms with Gasteiger partial charge < -0.3 is 5.32 Å². The van der Waals surface area contributed by atoms with E-state index in [0.29, 0.717) is 5.69 Å². The van der Waals surface area contributed by atoms with Crippen molar-refractivity contribution in [2.24, 2.45) is 0 Å². The van der Waals surface area contributed by atoms with E-state index in [9.17, 15) is 9.59 Å². The molecule has 30 heavy (non-hydrogen) atoms. The zero-order valence-corrected chi connectivity index (χ0v) is 19.2. The summed E-state index contributed by atoms with van der Waals surface area (Å²) in [7, 11) is 0. The summed E-state index contributed by atoms with van der Waals surface area (Å²) in [6.45, 7) is 8.03. The molecular formula is C22H26N4O2S2. The molecule has 1 atom stereocenters. The summed E-state index contributed by atoms with van der Waals surface area (Å²) in [5.41, 5.74) is 1.58. The van der Waals surface area contributed by atoms with Crippen molar-refractivity contribution in [2.45, 2.75) is 52.1 Å². The van der Waals surface area contributed by atoms with E-state index in [4.69, 9.17) is 0 Å². The fourth-order valence-corrected chi connectivity index (χ4v) is 4.24. The molecule has 0 aliphatic rings. The van der Waals surface area contributed by atoms with Crippen LogP contribution in [-0.2, 0) is 11.2 Å². The lowest BCUT2D eigenvalue weighted by Gasteiger charge is -2.33. The van der Waals surface area contributed by atoms with E-state index in [1.165, 1.54) is 11.3 Å². The number of carbonyl (C=O) groups is 2. The number of aryl methyl sites for hydroxylation is 1. The van der Waals surface area contributed by atoms with Gasteiger partial charge in [0.15, 0.2) is 11.7 Å². The molecule has 6 nitrogen and oxygen atoms in total. The first-order valence-corrected chi connectivity index (χ1v) is 11.6. The molecule has 0 aliphatic heterocycles. The van der Waals surface area contributed by atoms with Crippen LogP contribution in [0.1, 0.15) is 61.1 Å². The predicted octanol–water partition coefficient (Wildman–Crippen LogP) is 4.85. The monoisotopic (exact) mass is 442 g/mol. The third-order valence-electron chi connectivity index (χ3n) is 5.06. The predicted molar refractivity (Wildman–Crippen MR) is 122 cm³/mol. The Morgan fingerprint density at radius 1 is 1.20 bits per heavy atom. The van der Waals surface area contributed by atoms with E-state index in [2.05, 4.69) is 21.8 Å². The highest BCUT2D eigenvalue weighted by Crippen LogP contribution is 2.33. The number of thiophene rings is 1. The number of aromatic nitrogens is 2. The van der Waals surface area contributed by atoms with Gasteiger partial charge in [-0.1, -0.05) is 36.5 Å². The fraction of sp³-hybridized carbons (Fsp3) is 0.364. The lowest BCUT2D eigenvalue weighted by Crippen LogP contribution is -2.50. The Kier molecular flexibility index (Phi) is 6.99. The molecule has 3 aromatic rings. The van der Waals surface area contributed by atoms with Gasteiger partial charge in [0.1, 0.15) is 0 Å². The quantitative estimate of drug-likeness (QED) is 0.541. The number of hydrogen-bond donors (Lipinski definition) is 1. The van der Waals surface area contributed by atoms with Crippen LogP contribution in [0.4, 0.5) is 5.69 Å². The molecule has 0 spiro atoms. The van der Waals surface area contributed by atoms with Gasteiger partial charge in [-0.15, -0.1) is 16.4 Å². The number of amides is 2. The Morgan fingerprint density at radius 2 is 2.00 bits per heavy atom. The van der Waals surface area contributed by atoms with Gasteiger partial charge in [0, 0.05) is 21.5 Å². The first kappa shape index (κ1) is 22.1. The molecule has 2 amide bonds. The molecule has 0 unspecified atom stereocenters. The lowest BCUT2D eigenvalue weighted by atomic mass is 10.0. The van der Waals surface area contributed by atoms with Crippen LogP contribution in [0.2, 0.25) is 0 Å². The number of benzene rings is 1. The number of anilines is 1. The lowest BCUT2D eigenvalue weighted by molar-refractivity contribution is -0.124. The maximum absolute atomic E-state index is 13.5. The molecule has 158 valence electrons. The Labute approximate surface area is 185 Å². The van der Waals surface area contributed by atoms with Gasteiger partial charge in [-0.3, -0.25) is 14.5 Å². The third kappa shape index (κ3) is 4.94. The van der Waals surface area contributed by atoms with Crippen LogP contribution >= 0.6 is 22.9 Å². The van der Waals surface area contributed by atoms with E-state index in [-0.39, 0.29) is 17.5 Å². The van der Waals surface area contributed by atoms with Crippen molar-refractivity contribution in [3.05, 3.63) is 63.3 Å². The van der Waals surface area contributed by atoms with Gasteiger partial charge in [-0.25, -0.2) is 0 Å². The molecule has 2 heterocycles. The Morgan fingerprint density at radius 3 is 2.60 bits per heavy atom. The first-order chi connectivity index (χ1) is 14.4. The highest BCUT2D eigenvalue weighted by Gasteiger charge is 2.36. The summed E-state index contributed by atoms with van der Waals surface area (Å²) in [5.74, 6) is -0.567. The molecular weight excluding hydrogens is 416 g/mol. The highest BCUT2D eigenvalue weighted by atomic mass is 32.1. The summed E-state index contributed by atoms with van der Waals surface area (Å²) in [4.78, 5) is 29.4. The minimum atomic E-state index is -0.808. The number of nitrogens with one attached hydrogen (secondary N) is 1. The van der Waals surface area contributed by atoms with Crippen molar-refractivity contribution in [1.82, 2.24) is 14.9 Å². The van der Waals surface area contributed by atoms with Crippen molar-refractivity contribution >= 4 is 40.4 Å². The molecule has 8 heteroatoms. The summed E-state index contributed by atoms with van der Waals surface area (Å²) >= 11 is 2.57. The Balaban J connectivity index is 2.13. The van der Waals surface area contributed by atoms with Crippen LogP contribution in [0, 0.1) is 0 Å². The van der Waals surface area contributed by atoms with Crippen molar-refractivity contribution in [3.8, 4) is 0 Å². The summed E-state index contributed by atoms with van der Waals surface area (Å²) in [6, 6.07) is 10.7. The second-order valence-corrected chi connectivity index (χ2v) is 9.22. The molecule has 0 radical (unpaired) electrons. The van der Waals surface area contributed by atoms with Crippen molar-refractivity contribution in [1.29, 1.82) is 0 Å². The molecule has 2 aromatic heterocycles. The summed E-state index contributed by atoms with van der Waals surface area (Å²) < 4.78 is 3.84. The minimum Gasteiger partial charge on any atom is -0.349 e. The number of hydrogen-bond acceptors (Lipinski definition) is 6. The minimum absolute atomic E-state index is 0.220. The Bertz CT molecular complexity index is 985. The van der Waals surface area contributed by atoms with Gasteiger partial charge in [-0.2, -0.15) is 0 Å². The summed E-state index contributed by atoms with van der Waals surface area (Å²) in [6.07, 6.45) is 1.60. The maximum Gasteiger partial charge on any atom is 0.280 e. The highest BCUT2D eigenvalue weighted by molar-refractivity contribution is 7.10. The maximum atomic E-state index is 13.5. The van der Waals surface area contributed by atoms with E-state index in [1.54, 1.807) is 10.3 Å². The SMILES string of the molecule is CCc1cccc(N(C(=O)c2csnn2)[C@@H](C(=O)NC(C)(C)CC)c2cccs2)c1. The van der Waals surface area contributed by atoms with Gasteiger partial charge in [-0.05, 0) is 67.4 Å². The zero-order chi connectivity index (χ0) is 21.7. The van der Waals surface area contributed by atoms with Crippen molar-refractivity contribution < 1.29 is 9.59 Å². The number of rotatable bonds is 8. The van der Waals surface area contributed by atoms with Crippen molar-refractivity contribution in [2.75, 3.05) is 4.90 Å². The van der Waals surface area contributed by atoms with E-state index in [1.807, 2.05) is 62.5 Å². The van der Waals surface area contributed by atoms with Crippen LogP contribution < -0.4 is 10.2 Å². The fourth-order valence-electron chi connectivity index (χ4n) is 3.00. The van der Waals surface area contributed by atoms with E-state index < -0.39 is 11.6 Å². The van der Waals surface area contributed by atoms with E-state index >= 15 is 0 Å². The molecule has 1 aromatic carbocycles. The number of nitrogens with zero attached hydrogens (tertiary/aromatic N) is 3. The standard InChI is InChI=1S/C22H26N4O2S2/c1-5-15-9-7-10-16(13-15)26(21(28)17-14-30-25-24-17)19(18-11-8-12-29-18)20(27)23-22(3,4)6-2/h7-14,19H,5-6H2,1-4H3,(H,23,27)/t19-/m1/s1. The van der Waals surface area contributed by atoms with Crippen LogP contribution in [0.15, 0.2) is 47.2 Å². The van der Waals surface area contributed by atoms with Crippen LogP contribution in [0.5, 0.6) is 0 Å². The topological polar surface area (TPSA) is 75.2 Å². The third-order valence-corrected chi connectivity index (χ3v) is 6.49. The average molecular weight is 443 g/mol. The van der Waals surface area contributed by atoms with Gasteiger partial charge >= 0.3 is 0 Å². The molecule has 0 fully saturated rings. The van der Waals surface area contributed by atoms with Crippen molar-refractivity contribution in [3.63, 3.8) is 0 Å². The van der Waals surface area contributed by atoms with E-state index in [0.717, 1.165) is 34.8 Å². The molecule has 0 aliphatic carbocycles. The normalized spacial score (nSPS) is 12.4. The molecule has 0 saturated carbocycles. The van der Waals surface area contributed by atoms with Crippen LogP contribution in [-0.4, -0.2) is 26.9 Å². The molecule has 1 N–H and O–H groups in total. The van der Waals surface area contributed by atoms with Gasteiger partial charge in [0.25, 0.3) is 5.91 Å². The summed E-state index contributed by atoms with van der Waals surface area (Å²) in [5, 5.41) is 10.6. The molecule has 0 bridgehead atoms.